The van der Waals surface area contributed by atoms with Crippen molar-refractivity contribution in [1.29, 1.82) is 0 Å². The molecule has 0 heterocycles. The summed E-state index contributed by atoms with van der Waals surface area (Å²) in [4.78, 5) is 10.7. The van der Waals surface area contributed by atoms with Gasteiger partial charge in [0, 0.05) is 17.7 Å². The molecule has 0 fully saturated rings. The lowest BCUT2D eigenvalue weighted by Gasteiger charge is -2.31. The molecule has 0 aliphatic heterocycles. The monoisotopic (exact) mass is 264 g/mol. The van der Waals surface area contributed by atoms with Crippen molar-refractivity contribution in [1.82, 2.24) is 5.32 Å². The van der Waals surface area contributed by atoms with Crippen molar-refractivity contribution in [2.75, 3.05) is 6.54 Å². The summed E-state index contributed by atoms with van der Waals surface area (Å²) in [6, 6.07) is 7.37. The molecule has 19 heavy (non-hydrogen) atoms. The maximum atomic E-state index is 11.0. The summed E-state index contributed by atoms with van der Waals surface area (Å²) >= 11 is 0. The number of hydrogen-bond acceptors (Lipinski definition) is 3. The van der Waals surface area contributed by atoms with Crippen molar-refractivity contribution in [2.24, 2.45) is 5.41 Å². The van der Waals surface area contributed by atoms with E-state index in [1.807, 2.05) is 12.1 Å². The van der Waals surface area contributed by atoms with Gasteiger partial charge in [-0.15, -0.1) is 0 Å². The molecular formula is C15H24N2O2. The first-order valence-corrected chi connectivity index (χ1v) is 6.82. The van der Waals surface area contributed by atoms with Crippen molar-refractivity contribution in [2.45, 2.75) is 46.6 Å². The molecule has 1 atom stereocenters. The Kier molecular flexibility index (Phi) is 5.48. The molecule has 0 aliphatic carbocycles. The fourth-order valence-electron chi connectivity index (χ4n) is 2.29. The van der Waals surface area contributed by atoms with Crippen LogP contribution in [0.15, 0.2) is 24.3 Å². The summed E-state index contributed by atoms with van der Waals surface area (Å²) in [5.41, 5.74) is 1.20. The predicted molar refractivity (Wildman–Crippen MR) is 78.3 cm³/mol. The van der Waals surface area contributed by atoms with Gasteiger partial charge in [-0.1, -0.05) is 45.9 Å². The van der Waals surface area contributed by atoms with Gasteiger partial charge in [-0.25, -0.2) is 0 Å². The van der Waals surface area contributed by atoms with Crippen molar-refractivity contribution in [3.63, 3.8) is 0 Å². The topological polar surface area (TPSA) is 55.2 Å². The quantitative estimate of drug-likeness (QED) is 0.631. The zero-order valence-electron chi connectivity index (χ0n) is 12.3. The van der Waals surface area contributed by atoms with Gasteiger partial charge in [0.25, 0.3) is 5.69 Å². The lowest BCUT2D eigenvalue weighted by atomic mass is 9.83. The van der Waals surface area contributed by atoms with E-state index < -0.39 is 0 Å². The van der Waals surface area contributed by atoms with Crippen LogP contribution in [0.25, 0.3) is 0 Å². The smallest absolute Gasteiger partial charge is 0.272 e. The second kappa shape index (κ2) is 6.66. The number of nitro groups is 1. The molecule has 0 bridgehead atoms. The highest BCUT2D eigenvalue weighted by molar-refractivity contribution is 5.39. The number of rotatable bonds is 6. The fourth-order valence-corrected chi connectivity index (χ4v) is 2.29. The van der Waals surface area contributed by atoms with Crippen LogP contribution in [0.5, 0.6) is 0 Å². The van der Waals surface area contributed by atoms with Gasteiger partial charge < -0.3 is 5.32 Å². The van der Waals surface area contributed by atoms with Crippen molar-refractivity contribution in [3.8, 4) is 0 Å². The van der Waals surface area contributed by atoms with E-state index in [2.05, 4.69) is 33.0 Å². The number of nitrogens with one attached hydrogen (secondary N) is 1. The van der Waals surface area contributed by atoms with E-state index in [4.69, 9.17) is 0 Å². The van der Waals surface area contributed by atoms with Crippen LogP contribution in [-0.2, 0) is 6.42 Å². The highest BCUT2D eigenvalue weighted by Crippen LogP contribution is 2.25. The molecule has 0 spiro atoms. The third-order valence-corrected chi connectivity index (χ3v) is 3.39. The van der Waals surface area contributed by atoms with Crippen LogP contribution in [0.3, 0.4) is 0 Å². The average Bonchev–Trinajstić information content (AvgIpc) is 2.33. The SMILES string of the molecule is CCNC(CCc1ccccc1[N+](=O)[O-])C(C)(C)C. The molecule has 1 aromatic rings. The Morgan fingerprint density at radius 3 is 2.47 bits per heavy atom. The molecule has 4 heteroatoms. The normalized spacial score (nSPS) is 13.3. The second-order valence-electron chi connectivity index (χ2n) is 5.90. The summed E-state index contributed by atoms with van der Waals surface area (Å²) in [6.45, 7) is 9.59. The molecule has 0 amide bonds. The second-order valence-corrected chi connectivity index (χ2v) is 5.90. The van der Waals surface area contributed by atoms with Crippen LogP contribution in [0.1, 0.15) is 39.7 Å². The third-order valence-electron chi connectivity index (χ3n) is 3.39. The van der Waals surface area contributed by atoms with Crippen LogP contribution in [0.2, 0.25) is 0 Å². The summed E-state index contributed by atoms with van der Waals surface area (Å²) in [6.07, 6.45) is 1.63. The number of para-hydroxylation sites is 1. The number of nitrogens with zero attached hydrogens (tertiary/aromatic N) is 1. The Hall–Kier alpha value is -1.42. The minimum absolute atomic E-state index is 0.152. The Balaban J connectivity index is 2.77. The van der Waals surface area contributed by atoms with Gasteiger partial charge in [-0.05, 0) is 24.8 Å². The Labute approximate surface area is 115 Å². The van der Waals surface area contributed by atoms with Crippen LogP contribution in [0.4, 0.5) is 5.69 Å². The first-order valence-electron chi connectivity index (χ1n) is 6.82. The van der Waals surface area contributed by atoms with E-state index in [0.717, 1.165) is 24.9 Å². The Morgan fingerprint density at radius 2 is 1.95 bits per heavy atom. The van der Waals surface area contributed by atoms with E-state index in [-0.39, 0.29) is 16.0 Å². The fraction of sp³-hybridized carbons (Fsp3) is 0.600. The molecule has 1 unspecified atom stereocenters. The van der Waals surface area contributed by atoms with Gasteiger partial charge in [-0.2, -0.15) is 0 Å². The maximum Gasteiger partial charge on any atom is 0.272 e. The third kappa shape index (κ3) is 4.63. The van der Waals surface area contributed by atoms with Gasteiger partial charge in [0.2, 0.25) is 0 Å². The van der Waals surface area contributed by atoms with E-state index in [0.29, 0.717) is 6.04 Å². The number of benzene rings is 1. The van der Waals surface area contributed by atoms with Crippen LogP contribution < -0.4 is 5.32 Å². The first kappa shape index (κ1) is 15.6. The minimum Gasteiger partial charge on any atom is -0.314 e. The standard InChI is InChI=1S/C15H24N2O2/c1-5-16-14(15(2,3)4)11-10-12-8-6-7-9-13(12)17(18)19/h6-9,14,16H,5,10-11H2,1-4H3. The van der Waals surface area contributed by atoms with Crippen molar-refractivity contribution in [3.05, 3.63) is 39.9 Å². The number of hydrogen-bond donors (Lipinski definition) is 1. The predicted octanol–water partition coefficient (Wildman–Crippen LogP) is 3.55. The largest absolute Gasteiger partial charge is 0.314 e. The molecule has 0 aliphatic rings. The lowest BCUT2D eigenvalue weighted by molar-refractivity contribution is -0.385. The Bertz CT molecular complexity index is 424. The molecule has 1 rings (SSSR count). The van der Waals surface area contributed by atoms with Gasteiger partial charge in [0.05, 0.1) is 4.92 Å². The number of nitro benzene ring substituents is 1. The van der Waals surface area contributed by atoms with Crippen LogP contribution >= 0.6 is 0 Å². The van der Waals surface area contributed by atoms with E-state index in [1.54, 1.807) is 12.1 Å². The van der Waals surface area contributed by atoms with E-state index >= 15 is 0 Å². The molecule has 0 saturated heterocycles. The van der Waals surface area contributed by atoms with Crippen molar-refractivity contribution < 1.29 is 4.92 Å². The van der Waals surface area contributed by atoms with E-state index in [1.165, 1.54) is 0 Å². The molecule has 1 aromatic carbocycles. The van der Waals surface area contributed by atoms with Crippen molar-refractivity contribution >= 4 is 5.69 Å². The zero-order chi connectivity index (χ0) is 14.5. The molecule has 0 aromatic heterocycles. The highest BCUT2D eigenvalue weighted by atomic mass is 16.6. The maximum absolute atomic E-state index is 11.0. The van der Waals surface area contributed by atoms with Gasteiger partial charge in [0.15, 0.2) is 0 Å². The van der Waals surface area contributed by atoms with Gasteiger partial charge in [0.1, 0.15) is 0 Å². The molecular weight excluding hydrogens is 240 g/mol. The first-order chi connectivity index (χ1) is 8.86. The zero-order valence-corrected chi connectivity index (χ0v) is 12.3. The lowest BCUT2D eigenvalue weighted by Crippen LogP contribution is -2.40. The Morgan fingerprint density at radius 1 is 1.32 bits per heavy atom. The summed E-state index contributed by atoms with van der Waals surface area (Å²) in [5.74, 6) is 0. The van der Waals surface area contributed by atoms with E-state index in [9.17, 15) is 10.1 Å². The summed E-state index contributed by atoms with van der Waals surface area (Å²) in [5, 5.41) is 14.5. The summed E-state index contributed by atoms with van der Waals surface area (Å²) < 4.78 is 0. The molecule has 0 radical (unpaired) electrons. The molecule has 1 N–H and O–H groups in total. The van der Waals surface area contributed by atoms with Gasteiger partial charge in [-0.3, -0.25) is 10.1 Å². The molecule has 0 saturated carbocycles. The minimum atomic E-state index is -0.297. The average molecular weight is 264 g/mol. The molecule has 4 nitrogen and oxygen atoms in total. The number of aryl methyl sites for hydroxylation is 1. The highest BCUT2D eigenvalue weighted by Gasteiger charge is 2.24. The molecule has 106 valence electrons. The van der Waals surface area contributed by atoms with Crippen LogP contribution in [0, 0.1) is 15.5 Å². The van der Waals surface area contributed by atoms with Crippen LogP contribution in [-0.4, -0.2) is 17.5 Å². The summed E-state index contributed by atoms with van der Waals surface area (Å²) in [7, 11) is 0. The van der Waals surface area contributed by atoms with Gasteiger partial charge >= 0.3 is 0 Å².